The smallest absolute Gasteiger partial charge is 0.303 e. The van der Waals surface area contributed by atoms with E-state index in [4.69, 9.17) is 42.7 Å². The van der Waals surface area contributed by atoms with Gasteiger partial charge >= 0.3 is 23.9 Å². The summed E-state index contributed by atoms with van der Waals surface area (Å²) in [6.07, 6.45) is -5.73. The molecule has 4 rings (SSSR count). The number of ether oxygens (including phenoxy) is 7. The lowest BCUT2D eigenvalue weighted by Gasteiger charge is -2.43. The highest BCUT2D eigenvalue weighted by Crippen LogP contribution is 2.37. The number of carbonyl (C=O) groups is 4. The van der Waals surface area contributed by atoms with Crippen LogP contribution >= 0.6 is 0 Å². The van der Waals surface area contributed by atoms with Gasteiger partial charge in [-0.05, 0) is 36.6 Å². The molecule has 0 radical (unpaired) electrons. The maximum atomic E-state index is 12.2. The average Bonchev–Trinajstić information content (AvgIpc) is 3.33. The molecule has 0 unspecified atom stereocenters. The summed E-state index contributed by atoms with van der Waals surface area (Å²) in [4.78, 5) is 48.1. The van der Waals surface area contributed by atoms with Crippen molar-refractivity contribution in [3.8, 4) is 11.7 Å². The molecule has 0 aliphatic carbocycles. The molecule has 13 nitrogen and oxygen atoms in total. The van der Waals surface area contributed by atoms with Gasteiger partial charge in [-0.2, -0.15) is 0 Å². The number of aryl methyl sites for hydroxylation is 2. The zero-order valence-electron chi connectivity index (χ0n) is 25.4. The van der Waals surface area contributed by atoms with Crippen LogP contribution in [0.3, 0.4) is 0 Å². The van der Waals surface area contributed by atoms with E-state index in [1.807, 2.05) is 30.3 Å². The summed E-state index contributed by atoms with van der Waals surface area (Å²) in [6, 6.07) is 14.7. The number of hydrogen-bond acceptors (Lipinski definition) is 13. The molecule has 1 aliphatic rings. The van der Waals surface area contributed by atoms with Gasteiger partial charge in [0.25, 0.3) is 5.95 Å². The molecule has 242 valence electrons. The molecule has 3 aromatic rings. The number of carbonyl (C=O) groups excluding carboxylic acids is 4. The van der Waals surface area contributed by atoms with Crippen molar-refractivity contribution in [1.82, 2.24) is 0 Å². The number of esters is 4. The molecule has 1 N–H and O–H groups in total. The Morgan fingerprint density at radius 2 is 1.49 bits per heavy atom. The number of fused-ring (bicyclic) bond motifs is 1. The zero-order chi connectivity index (χ0) is 32.5. The fourth-order valence-electron chi connectivity index (χ4n) is 5.02. The third-order valence-corrected chi connectivity index (χ3v) is 6.75. The number of benzene rings is 2. The minimum absolute atomic E-state index is 0.0600. The van der Waals surface area contributed by atoms with Crippen molar-refractivity contribution in [2.45, 2.75) is 71.2 Å². The van der Waals surface area contributed by atoms with Crippen LogP contribution in [0.25, 0.3) is 11.0 Å². The molecule has 0 saturated carbocycles. The standard InChI is InChI=1S/C32H36O13/c1-18(34)39-17-27-28(40-19(2)35)29(41-20(3)36)30(42-21(4)37)32(44-27)45-31-25(24-10-5-6-11-26(24)43-31)13-12-22-8-7-9-23(16-22)38-15-14-33/h5-11,16,27-30,32-33H,12-15,17H2,1-4H3/t27-,28-,29+,30-,32+/m1/s1. The lowest BCUT2D eigenvalue weighted by atomic mass is 9.98. The second-order valence-corrected chi connectivity index (χ2v) is 10.3. The van der Waals surface area contributed by atoms with E-state index in [9.17, 15) is 19.2 Å². The van der Waals surface area contributed by atoms with Crippen LogP contribution in [0.2, 0.25) is 0 Å². The van der Waals surface area contributed by atoms with E-state index in [0.29, 0.717) is 29.7 Å². The Hall–Kier alpha value is -4.62. The molecule has 1 aliphatic heterocycles. The Morgan fingerprint density at radius 1 is 0.800 bits per heavy atom. The Labute approximate surface area is 259 Å². The van der Waals surface area contributed by atoms with E-state index in [1.165, 1.54) is 6.92 Å². The van der Waals surface area contributed by atoms with E-state index >= 15 is 0 Å². The summed E-state index contributed by atoms with van der Waals surface area (Å²) < 4.78 is 45.6. The van der Waals surface area contributed by atoms with Gasteiger partial charge in [0, 0.05) is 38.6 Å². The van der Waals surface area contributed by atoms with Gasteiger partial charge in [-0.25, -0.2) is 0 Å². The largest absolute Gasteiger partial charge is 0.491 e. The molecule has 2 heterocycles. The van der Waals surface area contributed by atoms with Gasteiger partial charge in [0.15, 0.2) is 12.2 Å². The van der Waals surface area contributed by atoms with Crippen LogP contribution in [-0.2, 0) is 55.7 Å². The lowest BCUT2D eigenvalue weighted by molar-refractivity contribution is -0.290. The minimum Gasteiger partial charge on any atom is -0.491 e. The normalized spacial score (nSPS) is 21.0. The van der Waals surface area contributed by atoms with E-state index in [-0.39, 0.29) is 25.8 Å². The molecule has 0 amide bonds. The fourth-order valence-corrected chi connectivity index (χ4v) is 5.02. The minimum atomic E-state index is -1.44. The van der Waals surface area contributed by atoms with Gasteiger partial charge in [0.1, 0.15) is 30.7 Å². The predicted molar refractivity (Wildman–Crippen MR) is 155 cm³/mol. The maximum Gasteiger partial charge on any atom is 0.303 e. The van der Waals surface area contributed by atoms with Crippen molar-refractivity contribution in [2.24, 2.45) is 0 Å². The Kier molecular flexibility index (Phi) is 11.4. The summed E-state index contributed by atoms with van der Waals surface area (Å²) in [5.74, 6) is -2.19. The number of aliphatic hydroxyl groups is 1. The van der Waals surface area contributed by atoms with E-state index < -0.39 is 54.6 Å². The molecule has 1 saturated heterocycles. The van der Waals surface area contributed by atoms with Gasteiger partial charge < -0.3 is 42.7 Å². The lowest BCUT2D eigenvalue weighted by Crippen LogP contribution is -2.63. The van der Waals surface area contributed by atoms with Crippen LogP contribution in [0.4, 0.5) is 0 Å². The molecule has 2 aromatic carbocycles. The third-order valence-electron chi connectivity index (χ3n) is 6.75. The third kappa shape index (κ3) is 8.96. The van der Waals surface area contributed by atoms with E-state index in [2.05, 4.69) is 0 Å². The van der Waals surface area contributed by atoms with Crippen molar-refractivity contribution >= 4 is 34.8 Å². The first-order chi connectivity index (χ1) is 21.5. The van der Waals surface area contributed by atoms with Crippen molar-refractivity contribution in [3.63, 3.8) is 0 Å². The molecule has 45 heavy (non-hydrogen) atoms. The van der Waals surface area contributed by atoms with Crippen molar-refractivity contribution in [2.75, 3.05) is 19.8 Å². The maximum absolute atomic E-state index is 12.2. The molecule has 0 spiro atoms. The fraction of sp³-hybridized carbons (Fsp3) is 0.438. The van der Waals surface area contributed by atoms with Crippen LogP contribution in [0.5, 0.6) is 11.7 Å². The Bertz CT molecular complexity index is 1500. The monoisotopic (exact) mass is 628 g/mol. The van der Waals surface area contributed by atoms with E-state index in [0.717, 1.165) is 31.7 Å². The predicted octanol–water partition coefficient (Wildman–Crippen LogP) is 3.05. The summed E-state index contributed by atoms with van der Waals surface area (Å²) >= 11 is 0. The second kappa shape index (κ2) is 15.4. The first kappa shape index (κ1) is 33.3. The Morgan fingerprint density at radius 3 is 2.18 bits per heavy atom. The number of furan rings is 1. The summed E-state index contributed by atoms with van der Waals surface area (Å²) in [6.45, 7) is 4.31. The molecule has 0 bridgehead atoms. The van der Waals surface area contributed by atoms with Gasteiger partial charge in [-0.1, -0.05) is 30.3 Å². The van der Waals surface area contributed by atoms with Crippen LogP contribution in [-0.4, -0.2) is 79.5 Å². The van der Waals surface area contributed by atoms with Crippen molar-refractivity contribution in [3.05, 3.63) is 59.7 Å². The molecule has 5 atom stereocenters. The summed E-state index contributed by atoms with van der Waals surface area (Å²) in [7, 11) is 0. The van der Waals surface area contributed by atoms with Gasteiger partial charge in [-0.15, -0.1) is 0 Å². The molecule has 1 aromatic heterocycles. The number of para-hydroxylation sites is 1. The number of hydrogen-bond donors (Lipinski definition) is 1. The van der Waals surface area contributed by atoms with Crippen LogP contribution in [0.1, 0.15) is 38.8 Å². The molecular formula is C32H36O13. The van der Waals surface area contributed by atoms with Gasteiger partial charge in [-0.3, -0.25) is 19.2 Å². The number of aliphatic hydroxyl groups excluding tert-OH is 1. The highest BCUT2D eigenvalue weighted by atomic mass is 16.8. The van der Waals surface area contributed by atoms with Crippen LogP contribution in [0, 0.1) is 0 Å². The second-order valence-electron chi connectivity index (χ2n) is 10.3. The van der Waals surface area contributed by atoms with Crippen molar-refractivity contribution < 1.29 is 61.9 Å². The highest BCUT2D eigenvalue weighted by molar-refractivity contribution is 5.83. The molecule has 1 fully saturated rings. The Balaban J connectivity index is 1.70. The average molecular weight is 629 g/mol. The summed E-state index contributed by atoms with van der Waals surface area (Å²) in [5.41, 5.74) is 2.15. The highest BCUT2D eigenvalue weighted by Gasteiger charge is 2.53. The topological polar surface area (TPSA) is 166 Å². The first-order valence-electron chi connectivity index (χ1n) is 14.4. The SMILES string of the molecule is CC(=O)OC[C@H]1O[C@@H](Oc2oc3ccccc3c2CCc2cccc(OCCO)c2)[C@H](OC(C)=O)[C@@H](OC(C)=O)[C@@H]1OC(C)=O. The van der Waals surface area contributed by atoms with Gasteiger partial charge in [0.05, 0.1) is 6.61 Å². The van der Waals surface area contributed by atoms with Crippen LogP contribution in [0.15, 0.2) is 52.9 Å². The first-order valence-corrected chi connectivity index (χ1v) is 14.4. The quantitative estimate of drug-likeness (QED) is 0.217. The van der Waals surface area contributed by atoms with Crippen LogP contribution < -0.4 is 9.47 Å². The molecular weight excluding hydrogens is 592 g/mol. The van der Waals surface area contributed by atoms with E-state index in [1.54, 1.807) is 18.2 Å². The zero-order valence-corrected chi connectivity index (χ0v) is 25.4. The summed E-state index contributed by atoms with van der Waals surface area (Å²) in [5, 5.41) is 9.85. The number of rotatable bonds is 13. The van der Waals surface area contributed by atoms with Gasteiger partial charge in [0.2, 0.25) is 12.4 Å². The molecule has 13 heteroatoms. The van der Waals surface area contributed by atoms with Crippen molar-refractivity contribution in [1.29, 1.82) is 0 Å².